The van der Waals surface area contributed by atoms with Gasteiger partial charge in [-0.15, -0.1) is 0 Å². The lowest BCUT2D eigenvalue weighted by molar-refractivity contribution is 0.397. The molecule has 0 aliphatic rings. The van der Waals surface area contributed by atoms with Crippen molar-refractivity contribution in [2.75, 3.05) is 0 Å². The Morgan fingerprint density at radius 1 is 0.800 bits per heavy atom. The second-order valence-corrected chi connectivity index (χ2v) is 5.03. The minimum absolute atomic E-state index is 0.908. The Labute approximate surface area is 97.2 Å². The number of rotatable bonds is 9. The smallest absolute Gasteiger partial charge is 0.0348 e. The first-order valence-corrected chi connectivity index (χ1v) is 6.85. The van der Waals surface area contributed by atoms with Gasteiger partial charge in [-0.05, 0) is 31.1 Å². The minimum Gasteiger partial charge on any atom is -0.0888 e. The Hall–Kier alpha value is -0.260. The average molecular weight is 210 g/mol. The third kappa shape index (κ3) is 10.0. The van der Waals surface area contributed by atoms with Crippen LogP contribution in [0.2, 0.25) is 0 Å². The van der Waals surface area contributed by atoms with Crippen molar-refractivity contribution >= 4 is 0 Å². The van der Waals surface area contributed by atoms with E-state index in [9.17, 15) is 0 Å². The molecule has 0 aliphatic carbocycles. The normalized spacial score (nSPS) is 15.7. The molecule has 0 aliphatic heterocycles. The Morgan fingerprint density at radius 2 is 1.40 bits per heavy atom. The van der Waals surface area contributed by atoms with Gasteiger partial charge in [0.1, 0.15) is 0 Å². The van der Waals surface area contributed by atoms with E-state index in [0.717, 1.165) is 11.8 Å². The van der Waals surface area contributed by atoms with Gasteiger partial charge in [-0.3, -0.25) is 0 Å². The zero-order valence-corrected chi connectivity index (χ0v) is 11.3. The predicted molar refractivity (Wildman–Crippen MR) is 71.1 cm³/mol. The fourth-order valence-corrected chi connectivity index (χ4v) is 2.02. The first-order valence-electron chi connectivity index (χ1n) is 6.85. The van der Waals surface area contributed by atoms with E-state index < -0.39 is 0 Å². The Bertz CT molecular complexity index is 146. The summed E-state index contributed by atoms with van der Waals surface area (Å²) in [6.45, 7) is 9.29. The van der Waals surface area contributed by atoms with Crippen LogP contribution in [-0.4, -0.2) is 0 Å². The highest BCUT2D eigenvalue weighted by Crippen LogP contribution is 2.19. The van der Waals surface area contributed by atoms with Crippen LogP contribution in [0.5, 0.6) is 0 Å². The maximum Gasteiger partial charge on any atom is -0.0348 e. The van der Waals surface area contributed by atoms with Crippen LogP contribution in [0.1, 0.15) is 72.6 Å². The average Bonchev–Trinajstić information content (AvgIpc) is 2.22. The van der Waals surface area contributed by atoms with Gasteiger partial charge in [0.2, 0.25) is 0 Å². The molecule has 0 rings (SSSR count). The second kappa shape index (κ2) is 10.3. The molecule has 0 radical (unpaired) electrons. The van der Waals surface area contributed by atoms with Crippen molar-refractivity contribution in [3.05, 3.63) is 12.2 Å². The van der Waals surface area contributed by atoms with Crippen LogP contribution in [0.15, 0.2) is 12.2 Å². The molecule has 0 saturated carbocycles. The van der Waals surface area contributed by atoms with Crippen molar-refractivity contribution in [1.29, 1.82) is 0 Å². The first-order chi connectivity index (χ1) is 7.20. The molecule has 2 unspecified atom stereocenters. The van der Waals surface area contributed by atoms with Crippen molar-refractivity contribution in [2.24, 2.45) is 11.8 Å². The molecule has 0 heteroatoms. The summed E-state index contributed by atoms with van der Waals surface area (Å²) in [5, 5.41) is 0. The van der Waals surface area contributed by atoms with Crippen molar-refractivity contribution in [2.45, 2.75) is 72.6 Å². The molecular formula is C15H30. The van der Waals surface area contributed by atoms with Crippen molar-refractivity contribution in [3.8, 4) is 0 Å². The summed E-state index contributed by atoms with van der Waals surface area (Å²) in [5.74, 6) is 1.84. The molecule has 0 aromatic rings. The fraction of sp³-hybridized carbons (Fsp3) is 0.867. The lowest BCUT2D eigenvalue weighted by Gasteiger charge is -2.14. The summed E-state index contributed by atoms with van der Waals surface area (Å²) >= 11 is 0. The number of hydrogen-bond donors (Lipinski definition) is 0. The number of allylic oxidation sites excluding steroid dienone is 2. The number of hydrogen-bond acceptors (Lipinski definition) is 0. The largest absolute Gasteiger partial charge is 0.0888 e. The maximum absolute atomic E-state index is 2.40. The van der Waals surface area contributed by atoms with E-state index in [4.69, 9.17) is 0 Å². The Kier molecular flexibility index (Phi) is 10.1. The molecule has 0 nitrogen and oxygen atoms in total. The van der Waals surface area contributed by atoms with Crippen LogP contribution in [-0.2, 0) is 0 Å². The summed E-state index contributed by atoms with van der Waals surface area (Å²) in [6.07, 6.45) is 14.0. The molecule has 15 heavy (non-hydrogen) atoms. The molecule has 0 aromatic carbocycles. The Morgan fingerprint density at radius 3 is 1.93 bits per heavy atom. The van der Waals surface area contributed by atoms with E-state index in [1.807, 2.05) is 0 Å². The van der Waals surface area contributed by atoms with Gasteiger partial charge in [-0.25, -0.2) is 0 Å². The second-order valence-electron chi connectivity index (χ2n) is 5.03. The molecule has 0 heterocycles. The van der Waals surface area contributed by atoms with Crippen LogP contribution < -0.4 is 0 Å². The molecule has 0 amide bonds. The lowest BCUT2D eigenvalue weighted by atomic mass is 9.92. The van der Waals surface area contributed by atoms with Crippen LogP contribution in [0.3, 0.4) is 0 Å². The van der Waals surface area contributed by atoms with Crippen LogP contribution in [0, 0.1) is 11.8 Å². The van der Waals surface area contributed by atoms with Crippen LogP contribution in [0.25, 0.3) is 0 Å². The van der Waals surface area contributed by atoms with Gasteiger partial charge in [0.05, 0.1) is 0 Å². The monoisotopic (exact) mass is 210 g/mol. The van der Waals surface area contributed by atoms with E-state index in [-0.39, 0.29) is 0 Å². The lowest BCUT2D eigenvalue weighted by Crippen LogP contribution is -2.00. The molecule has 0 bridgehead atoms. The maximum atomic E-state index is 2.40. The molecule has 90 valence electrons. The predicted octanol–water partition coefficient (Wildman–Crippen LogP) is 5.59. The van der Waals surface area contributed by atoms with Gasteiger partial charge in [0, 0.05) is 0 Å². The molecular weight excluding hydrogens is 180 g/mol. The van der Waals surface area contributed by atoms with Gasteiger partial charge in [0.25, 0.3) is 0 Å². The molecule has 0 saturated heterocycles. The molecule has 0 spiro atoms. The fourth-order valence-electron chi connectivity index (χ4n) is 2.02. The van der Waals surface area contributed by atoms with Crippen molar-refractivity contribution in [3.63, 3.8) is 0 Å². The summed E-state index contributed by atoms with van der Waals surface area (Å²) in [4.78, 5) is 0. The highest BCUT2D eigenvalue weighted by atomic mass is 14.1. The van der Waals surface area contributed by atoms with Gasteiger partial charge in [0.15, 0.2) is 0 Å². The van der Waals surface area contributed by atoms with Gasteiger partial charge >= 0.3 is 0 Å². The summed E-state index contributed by atoms with van der Waals surface area (Å²) in [6, 6.07) is 0. The zero-order valence-electron chi connectivity index (χ0n) is 11.3. The Balaban J connectivity index is 3.39. The van der Waals surface area contributed by atoms with E-state index in [2.05, 4.69) is 39.8 Å². The van der Waals surface area contributed by atoms with E-state index >= 15 is 0 Å². The van der Waals surface area contributed by atoms with Gasteiger partial charge < -0.3 is 0 Å². The van der Waals surface area contributed by atoms with E-state index in [1.54, 1.807) is 0 Å². The third-order valence-electron chi connectivity index (χ3n) is 3.16. The SMILES string of the molecule is CCC=CCCC(C)CCC(C)CCC. The third-order valence-corrected chi connectivity index (χ3v) is 3.16. The highest BCUT2D eigenvalue weighted by Gasteiger charge is 2.05. The van der Waals surface area contributed by atoms with E-state index in [0.29, 0.717) is 0 Å². The van der Waals surface area contributed by atoms with E-state index in [1.165, 1.54) is 44.9 Å². The van der Waals surface area contributed by atoms with Crippen LogP contribution in [0.4, 0.5) is 0 Å². The minimum atomic E-state index is 0.908. The summed E-state index contributed by atoms with van der Waals surface area (Å²) in [7, 11) is 0. The van der Waals surface area contributed by atoms with Crippen molar-refractivity contribution in [1.82, 2.24) is 0 Å². The van der Waals surface area contributed by atoms with Gasteiger partial charge in [-0.1, -0.05) is 65.5 Å². The molecule has 0 aromatic heterocycles. The quantitative estimate of drug-likeness (QED) is 0.435. The molecule has 0 fully saturated rings. The summed E-state index contributed by atoms with van der Waals surface area (Å²) in [5.41, 5.74) is 0. The molecule has 0 N–H and O–H groups in total. The van der Waals surface area contributed by atoms with Gasteiger partial charge in [-0.2, -0.15) is 0 Å². The topological polar surface area (TPSA) is 0 Å². The summed E-state index contributed by atoms with van der Waals surface area (Å²) < 4.78 is 0. The first kappa shape index (κ1) is 14.7. The zero-order chi connectivity index (χ0) is 11.5. The standard InChI is InChI=1S/C15H30/c1-5-7-8-9-11-15(4)13-12-14(3)10-6-2/h7-8,14-15H,5-6,9-13H2,1-4H3. The highest BCUT2D eigenvalue weighted by molar-refractivity contribution is 4.80. The van der Waals surface area contributed by atoms with Crippen molar-refractivity contribution < 1.29 is 0 Å². The molecule has 2 atom stereocenters. The van der Waals surface area contributed by atoms with Crippen LogP contribution >= 0.6 is 0 Å².